The first-order valence-electron chi connectivity index (χ1n) is 6.84. The predicted octanol–water partition coefficient (Wildman–Crippen LogP) is 2.69. The Bertz CT molecular complexity index is 379. The molecule has 1 aromatic heterocycles. The third kappa shape index (κ3) is 3.31. The highest BCUT2D eigenvalue weighted by molar-refractivity contribution is 7.11. The van der Waals surface area contributed by atoms with Crippen molar-refractivity contribution in [2.24, 2.45) is 5.41 Å². The number of hydrogen-bond donors (Lipinski definition) is 2. The van der Waals surface area contributed by atoms with Crippen molar-refractivity contribution in [3.8, 4) is 0 Å². The molecule has 2 rings (SSSR count). The van der Waals surface area contributed by atoms with Crippen molar-refractivity contribution in [3.05, 3.63) is 15.6 Å². The Labute approximate surface area is 114 Å². The zero-order valence-electron chi connectivity index (χ0n) is 11.6. The van der Waals surface area contributed by atoms with E-state index < -0.39 is 0 Å². The lowest BCUT2D eigenvalue weighted by atomic mass is 9.89. The highest BCUT2D eigenvalue weighted by Crippen LogP contribution is 2.31. The van der Waals surface area contributed by atoms with Gasteiger partial charge in [0.15, 0.2) is 0 Å². The van der Waals surface area contributed by atoms with Crippen molar-refractivity contribution in [2.75, 3.05) is 13.2 Å². The normalized spacial score (nSPS) is 16.9. The molecule has 0 saturated carbocycles. The third-order valence-corrected chi connectivity index (χ3v) is 5.00. The van der Waals surface area contributed by atoms with E-state index in [1.807, 2.05) is 11.3 Å². The largest absolute Gasteiger partial charge is 0.396 e. The van der Waals surface area contributed by atoms with Gasteiger partial charge in [0.1, 0.15) is 5.01 Å². The molecule has 1 unspecified atom stereocenters. The Morgan fingerprint density at radius 2 is 2.22 bits per heavy atom. The van der Waals surface area contributed by atoms with Crippen LogP contribution in [0.15, 0.2) is 0 Å². The Hall–Kier alpha value is -0.450. The first kappa shape index (κ1) is 14.0. The Morgan fingerprint density at radius 1 is 1.44 bits per heavy atom. The van der Waals surface area contributed by atoms with Crippen molar-refractivity contribution >= 4 is 11.3 Å². The van der Waals surface area contributed by atoms with E-state index in [1.165, 1.54) is 28.4 Å². The van der Waals surface area contributed by atoms with E-state index in [0.717, 1.165) is 19.4 Å². The quantitative estimate of drug-likeness (QED) is 0.834. The summed E-state index contributed by atoms with van der Waals surface area (Å²) in [5.74, 6) is 0. The number of thiazole rings is 1. The van der Waals surface area contributed by atoms with Crippen molar-refractivity contribution in [3.63, 3.8) is 0 Å². The van der Waals surface area contributed by atoms with Gasteiger partial charge in [-0.25, -0.2) is 4.98 Å². The summed E-state index contributed by atoms with van der Waals surface area (Å²) in [4.78, 5) is 6.24. The molecule has 1 heterocycles. The van der Waals surface area contributed by atoms with Gasteiger partial charge < -0.3 is 10.4 Å². The summed E-state index contributed by atoms with van der Waals surface area (Å²) in [5, 5.41) is 13.8. The molecule has 0 amide bonds. The fourth-order valence-corrected chi connectivity index (χ4v) is 3.48. The average molecular weight is 268 g/mol. The monoisotopic (exact) mass is 268 g/mol. The summed E-state index contributed by atoms with van der Waals surface area (Å²) in [6, 6.07) is 0.318. The molecule has 1 aliphatic carbocycles. The molecule has 0 radical (unpaired) electrons. The van der Waals surface area contributed by atoms with Crippen molar-refractivity contribution in [1.82, 2.24) is 10.3 Å². The van der Waals surface area contributed by atoms with Gasteiger partial charge in [-0.05, 0) is 38.0 Å². The van der Waals surface area contributed by atoms with E-state index in [2.05, 4.69) is 26.1 Å². The van der Waals surface area contributed by atoms with Crippen LogP contribution in [0.1, 0.15) is 55.2 Å². The van der Waals surface area contributed by atoms with Crippen molar-refractivity contribution in [2.45, 2.75) is 52.5 Å². The Morgan fingerprint density at radius 3 is 2.89 bits per heavy atom. The minimum atomic E-state index is 0.142. The lowest BCUT2D eigenvalue weighted by Crippen LogP contribution is -2.32. The summed E-state index contributed by atoms with van der Waals surface area (Å²) in [7, 11) is 0. The summed E-state index contributed by atoms with van der Waals surface area (Å²) >= 11 is 1.87. The second-order valence-electron chi connectivity index (χ2n) is 6.02. The molecule has 1 aliphatic rings. The molecule has 3 nitrogen and oxygen atoms in total. The number of aromatic nitrogens is 1. The van der Waals surface area contributed by atoms with Gasteiger partial charge in [-0.1, -0.05) is 13.8 Å². The predicted molar refractivity (Wildman–Crippen MR) is 76.0 cm³/mol. The number of aliphatic hydroxyl groups excluding tert-OH is 1. The second-order valence-corrected chi connectivity index (χ2v) is 7.13. The summed E-state index contributed by atoms with van der Waals surface area (Å²) in [6.45, 7) is 7.73. The smallest absolute Gasteiger partial charge is 0.110 e. The molecule has 18 heavy (non-hydrogen) atoms. The number of fused-ring (bicyclic) bond motifs is 1. The maximum absolute atomic E-state index is 9.03. The van der Waals surface area contributed by atoms with Gasteiger partial charge >= 0.3 is 0 Å². The van der Waals surface area contributed by atoms with Crippen LogP contribution in [0.3, 0.4) is 0 Å². The van der Waals surface area contributed by atoms with Gasteiger partial charge in [0.05, 0.1) is 11.7 Å². The van der Waals surface area contributed by atoms with Crippen molar-refractivity contribution in [1.29, 1.82) is 0 Å². The Balaban J connectivity index is 1.89. The van der Waals surface area contributed by atoms with Crippen LogP contribution in [-0.2, 0) is 12.8 Å². The van der Waals surface area contributed by atoms with Gasteiger partial charge in [-0.2, -0.15) is 0 Å². The summed E-state index contributed by atoms with van der Waals surface area (Å²) in [6.07, 6.45) is 4.49. The average Bonchev–Trinajstić information content (AvgIpc) is 2.85. The first-order valence-corrected chi connectivity index (χ1v) is 7.66. The fourth-order valence-electron chi connectivity index (χ4n) is 2.30. The zero-order chi connectivity index (χ0) is 13.2. The minimum absolute atomic E-state index is 0.142. The van der Waals surface area contributed by atoms with Gasteiger partial charge in [-0.15, -0.1) is 11.3 Å². The highest BCUT2D eigenvalue weighted by atomic mass is 32.1. The molecule has 0 spiro atoms. The number of rotatable bonds is 6. The molecular weight excluding hydrogens is 244 g/mol. The minimum Gasteiger partial charge on any atom is -0.396 e. The lowest BCUT2D eigenvalue weighted by molar-refractivity contribution is 0.203. The standard InChI is InChI=1S/C14H24N2OS/c1-10(15-9-14(2,3)7-8-17)13-16-11-5-4-6-12(11)18-13/h10,15,17H,4-9H2,1-3H3. The number of aryl methyl sites for hydroxylation is 2. The molecule has 4 heteroatoms. The second kappa shape index (κ2) is 5.68. The summed E-state index contributed by atoms with van der Waals surface area (Å²) < 4.78 is 0. The number of nitrogens with zero attached hydrogens (tertiary/aromatic N) is 1. The zero-order valence-corrected chi connectivity index (χ0v) is 12.4. The Kier molecular flexibility index (Phi) is 4.41. The molecule has 0 saturated heterocycles. The molecule has 102 valence electrons. The fraction of sp³-hybridized carbons (Fsp3) is 0.786. The van der Waals surface area contributed by atoms with E-state index >= 15 is 0 Å². The van der Waals surface area contributed by atoms with Gasteiger partial charge in [0.2, 0.25) is 0 Å². The number of nitrogens with one attached hydrogen (secondary N) is 1. The molecule has 2 N–H and O–H groups in total. The van der Waals surface area contributed by atoms with E-state index in [0.29, 0.717) is 6.04 Å². The van der Waals surface area contributed by atoms with Gasteiger partial charge in [0, 0.05) is 18.0 Å². The van der Waals surface area contributed by atoms with Crippen molar-refractivity contribution < 1.29 is 5.11 Å². The van der Waals surface area contributed by atoms with Crippen LogP contribution < -0.4 is 5.32 Å². The van der Waals surface area contributed by atoms with Crippen LogP contribution in [0.2, 0.25) is 0 Å². The first-order chi connectivity index (χ1) is 8.52. The van der Waals surface area contributed by atoms with Crippen LogP contribution >= 0.6 is 11.3 Å². The van der Waals surface area contributed by atoms with E-state index in [1.54, 1.807) is 0 Å². The highest BCUT2D eigenvalue weighted by Gasteiger charge is 2.22. The third-order valence-electron chi connectivity index (χ3n) is 3.66. The van der Waals surface area contributed by atoms with Gasteiger partial charge in [0.25, 0.3) is 0 Å². The molecule has 0 aliphatic heterocycles. The maximum atomic E-state index is 9.03. The number of hydrogen-bond acceptors (Lipinski definition) is 4. The molecule has 0 bridgehead atoms. The van der Waals surface area contributed by atoms with Crippen LogP contribution in [0.25, 0.3) is 0 Å². The SMILES string of the molecule is CC(NCC(C)(C)CCO)c1nc2c(s1)CCC2. The maximum Gasteiger partial charge on any atom is 0.110 e. The van der Waals surface area contributed by atoms with E-state index in [9.17, 15) is 0 Å². The molecule has 0 aromatic carbocycles. The molecule has 0 fully saturated rings. The van der Waals surface area contributed by atoms with Crippen LogP contribution in [-0.4, -0.2) is 23.2 Å². The topological polar surface area (TPSA) is 45.1 Å². The van der Waals surface area contributed by atoms with E-state index in [4.69, 9.17) is 10.1 Å². The molecular formula is C14H24N2OS. The van der Waals surface area contributed by atoms with Crippen LogP contribution in [0, 0.1) is 5.41 Å². The number of aliphatic hydroxyl groups is 1. The molecule has 1 aromatic rings. The summed E-state index contributed by atoms with van der Waals surface area (Å²) in [5.41, 5.74) is 1.47. The molecule has 1 atom stereocenters. The van der Waals surface area contributed by atoms with E-state index in [-0.39, 0.29) is 12.0 Å². The van der Waals surface area contributed by atoms with Crippen LogP contribution in [0.4, 0.5) is 0 Å². The van der Waals surface area contributed by atoms with Crippen LogP contribution in [0.5, 0.6) is 0 Å². The lowest BCUT2D eigenvalue weighted by Gasteiger charge is -2.25. The van der Waals surface area contributed by atoms with Gasteiger partial charge in [-0.3, -0.25) is 0 Å².